The number of amides is 3. The van der Waals surface area contributed by atoms with Gasteiger partial charge in [0.15, 0.2) is 0 Å². The van der Waals surface area contributed by atoms with Gasteiger partial charge in [-0.2, -0.15) is 0 Å². The van der Waals surface area contributed by atoms with Gasteiger partial charge in [-0.25, -0.2) is 4.79 Å². The van der Waals surface area contributed by atoms with Crippen LogP contribution in [0.1, 0.15) is 26.3 Å². The smallest absolute Gasteiger partial charge is 0.328 e. The molecule has 0 saturated carbocycles. The minimum absolute atomic E-state index is 0.268. The SMILES string of the molecule is CCN1C(=O)N/C(=C\c2ccc(N(CC)CC)cc2)C1=O. The molecule has 0 aromatic heterocycles. The Morgan fingerprint density at radius 3 is 2.19 bits per heavy atom. The molecular weight excluding hydrogens is 266 g/mol. The van der Waals surface area contributed by atoms with E-state index in [2.05, 4.69) is 24.1 Å². The van der Waals surface area contributed by atoms with Crippen LogP contribution in [0.3, 0.4) is 0 Å². The molecule has 5 heteroatoms. The zero-order chi connectivity index (χ0) is 15.4. The summed E-state index contributed by atoms with van der Waals surface area (Å²) in [6.45, 7) is 8.30. The zero-order valence-electron chi connectivity index (χ0n) is 12.7. The van der Waals surface area contributed by atoms with Gasteiger partial charge in [-0.1, -0.05) is 12.1 Å². The molecule has 1 aromatic carbocycles. The molecule has 112 valence electrons. The minimum atomic E-state index is -0.353. The normalized spacial score (nSPS) is 16.5. The van der Waals surface area contributed by atoms with Crippen molar-refractivity contribution in [1.29, 1.82) is 0 Å². The van der Waals surface area contributed by atoms with Crippen molar-refractivity contribution in [2.75, 3.05) is 24.5 Å². The monoisotopic (exact) mass is 287 g/mol. The van der Waals surface area contributed by atoms with Gasteiger partial charge in [0.1, 0.15) is 5.70 Å². The second kappa shape index (κ2) is 6.43. The maximum atomic E-state index is 12.0. The highest BCUT2D eigenvalue weighted by atomic mass is 16.2. The van der Waals surface area contributed by atoms with Crippen molar-refractivity contribution in [2.24, 2.45) is 0 Å². The number of carbonyl (C=O) groups excluding carboxylic acids is 2. The van der Waals surface area contributed by atoms with Gasteiger partial charge in [0.25, 0.3) is 5.91 Å². The van der Waals surface area contributed by atoms with Crippen LogP contribution in [0.15, 0.2) is 30.0 Å². The molecule has 1 fully saturated rings. The molecule has 1 saturated heterocycles. The number of rotatable bonds is 5. The summed E-state index contributed by atoms with van der Waals surface area (Å²) in [6.07, 6.45) is 1.71. The number of nitrogens with zero attached hydrogens (tertiary/aromatic N) is 2. The summed E-state index contributed by atoms with van der Waals surface area (Å²) in [7, 11) is 0. The second-order valence-electron chi connectivity index (χ2n) is 4.80. The van der Waals surface area contributed by atoms with Crippen LogP contribution in [0.2, 0.25) is 0 Å². The number of anilines is 1. The molecule has 1 heterocycles. The number of urea groups is 1. The first-order chi connectivity index (χ1) is 10.1. The predicted octanol–water partition coefficient (Wildman–Crippen LogP) is 2.45. The lowest BCUT2D eigenvalue weighted by atomic mass is 10.1. The summed E-state index contributed by atoms with van der Waals surface area (Å²) < 4.78 is 0. The molecule has 0 aliphatic carbocycles. The van der Waals surface area contributed by atoms with Gasteiger partial charge < -0.3 is 10.2 Å². The number of imide groups is 1. The molecule has 0 unspecified atom stereocenters. The molecule has 0 atom stereocenters. The third-order valence-corrected chi connectivity index (χ3v) is 3.61. The lowest BCUT2D eigenvalue weighted by Gasteiger charge is -2.20. The molecule has 1 aliphatic rings. The molecule has 1 aromatic rings. The van der Waals surface area contributed by atoms with E-state index >= 15 is 0 Å². The molecule has 2 rings (SSSR count). The largest absolute Gasteiger partial charge is 0.372 e. The molecule has 0 radical (unpaired) electrons. The Hall–Kier alpha value is -2.30. The van der Waals surface area contributed by atoms with Crippen molar-refractivity contribution in [1.82, 2.24) is 10.2 Å². The molecule has 3 amide bonds. The Balaban J connectivity index is 2.19. The highest BCUT2D eigenvalue weighted by molar-refractivity contribution is 6.13. The fourth-order valence-corrected chi connectivity index (χ4v) is 2.40. The molecule has 21 heavy (non-hydrogen) atoms. The first-order valence-electron chi connectivity index (χ1n) is 7.30. The molecule has 0 bridgehead atoms. The molecular formula is C16H21N3O2. The van der Waals surface area contributed by atoms with E-state index in [9.17, 15) is 9.59 Å². The number of nitrogens with one attached hydrogen (secondary N) is 1. The van der Waals surface area contributed by atoms with Crippen LogP contribution in [-0.2, 0) is 4.79 Å². The first-order valence-corrected chi connectivity index (χ1v) is 7.30. The summed E-state index contributed by atoms with van der Waals surface area (Å²) in [5, 5.41) is 2.60. The van der Waals surface area contributed by atoms with Crippen molar-refractivity contribution in [3.05, 3.63) is 35.5 Å². The summed E-state index contributed by atoms with van der Waals surface area (Å²) in [5.41, 5.74) is 2.38. The fraction of sp³-hybridized carbons (Fsp3) is 0.375. The van der Waals surface area contributed by atoms with E-state index < -0.39 is 0 Å². The summed E-state index contributed by atoms with van der Waals surface area (Å²) >= 11 is 0. The van der Waals surface area contributed by atoms with Gasteiger partial charge in [-0.15, -0.1) is 0 Å². The zero-order valence-corrected chi connectivity index (χ0v) is 12.7. The average molecular weight is 287 g/mol. The second-order valence-corrected chi connectivity index (χ2v) is 4.80. The van der Waals surface area contributed by atoms with Gasteiger partial charge in [0.2, 0.25) is 0 Å². The van der Waals surface area contributed by atoms with Crippen molar-refractivity contribution in [3.8, 4) is 0 Å². The maximum Gasteiger partial charge on any atom is 0.328 e. The third-order valence-electron chi connectivity index (χ3n) is 3.61. The van der Waals surface area contributed by atoms with Crippen LogP contribution in [0.25, 0.3) is 6.08 Å². The topological polar surface area (TPSA) is 52.7 Å². The van der Waals surface area contributed by atoms with Gasteiger partial charge in [-0.3, -0.25) is 9.69 Å². The molecule has 0 spiro atoms. The van der Waals surface area contributed by atoms with E-state index in [1.165, 1.54) is 4.90 Å². The number of benzene rings is 1. The van der Waals surface area contributed by atoms with E-state index in [0.717, 1.165) is 24.3 Å². The van der Waals surface area contributed by atoms with Crippen LogP contribution < -0.4 is 10.2 Å². The van der Waals surface area contributed by atoms with E-state index in [0.29, 0.717) is 12.2 Å². The highest BCUT2D eigenvalue weighted by Crippen LogP contribution is 2.18. The molecule has 1 N–H and O–H groups in total. The standard InChI is InChI=1S/C16H21N3O2/c1-4-18(5-2)13-9-7-12(8-10-13)11-14-15(20)19(6-3)16(21)17-14/h7-11H,4-6H2,1-3H3,(H,17,21)/b14-11-. The summed E-state index contributed by atoms with van der Waals surface area (Å²) in [6, 6.07) is 7.60. The number of likely N-dealkylation sites (N-methyl/N-ethyl adjacent to an activating group) is 1. The quantitative estimate of drug-likeness (QED) is 0.668. The van der Waals surface area contributed by atoms with Gasteiger partial charge >= 0.3 is 6.03 Å². The Labute approximate surface area is 125 Å². The minimum Gasteiger partial charge on any atom is -0.372 e. The van der Waals surface area contributed by atoms with Gasteiger partial charge in [0, 0.05) is 25.3 Å². The van der Waals surface area contributed by atoms with E-state index in [-0.39, 0.29) is 11.9 Å². The van der Waals surface area contributed by atoms with E-state index in [1.807, 2.05) is 24.3 Å². The van der Waals surface area contributed by atoms with Crippen LogP contribution >= 0.6 is 0 Å². The van der Waals surface area contributed by atoms with Crippen molar-refractivity contribution in [3.63, 3.8) is 0 Å². The van der Waals surface area contributed by atoms with Crippen LogP contribution in [0, 0.1) is 0 Å². The Morgan fingerprint density at radius 1 is 1.10 bits per heavy atom. The van der Waals surface area contributed by atoms with Crippen LogP contribution in [-0.4, -0.2) is 36.5 Å². The average Bonchev–Trinajstić information content (AvgIpc) is 2.76. The van der Waals surface area contributed by atoms with Crippen molar-refractivity contribution in [2.45, 2.75) is 20.8 Å². The van der Waals surface area contributed by atoms with Crippen LogP contribution in [0.5, 0.6) is 0 Å². The Morgan fingerprint density at radius 2 is 1.71 bits per heavy atom. The number of hydrogen-bond acceptors (Lipinski definition) is 3. The number of carbonyl (C=O) groups is 2. The lowest BCUT2D eigenvalue weighted by molar-refractivity contribution is -0.122. The number of hydrogen-bond donors (Lipinski definition) is 1. The third kappa shape index (κ3) is 3.07. The van der Waals surface area contributed by atoms with E-state index in [1.54, 1.807) is 13.0 Å². The van der Waals surface area contributed by atoms with E-state index in [4.69, 9.17) is 0 Å². The molecule has 1 aliphatic heterocycles. The van der Waals surface area contributed by atoms with Crippen molar-refractivity contribution >= 4 is 23.7 Å². The Bertz CT molecular complexity index is 559. The fourth-order valence-electron chi connectivity index (χ4n) is 2.40. The predicted molar refractivity (Wildman–Crippen MR) is 83.9 cm³/mol. The lowest BCUT2D eigenvalue weighted by Crippen LogP contribution is -2.30. The first kappa shape index (κ1) is 15.1. The highest BCUT2D eigenvalue weighted by Gasteiger charge is 2.31. The molecule has 5 nitrogen and oxygen atoms in total. The maximum absolute atomic E-state index is 12.0. The Kier molecular flexibility index (Phi) is 4.62. The van der Waals surface area contributed by atoms with Gasteiger partial charge in [0.05, 0.1) is 0 Å². The summed E-state index contributed by atoms with van der Waals surface area (Å²) in [4.78, 5) is 27.0. The van der Waals surface area contributed by atoms with Crippen LogP contribution in [0.4, 0.5) is 10.5 Å². The van der Waals surface area contributed by atoms with Crippen molar-refractivity contribution < 1.29 is 9.59 Å². The summed E-state index contributed by atoms with van der Waals surface area (Å²) in [5.74, 6) is -0.268. The van der Waals surface area contributed by atoms with Gasteiger partial charge in [-0.05, 0) is 44.5 Å².